The standard InChI is InChI=1S/C16H19NO/c1-5-7-8-15(6-2)17-16(18)14-10-9-12(3)13(4)11-14/h5-11H,2H2,1,3-4H3,(H,17,18)/b7-5-,15-8+. The van der Waals surface area contributed by atoms with Gasteiger partial charge < -0.3 is 5.32 Å². The molecule has 1 rings (SSSR count). The molecule has 1 N–H and O–H groups in total. The number of benzene rings is 1. The summed E-state index contributed by atoms with van der Waals surface area (Å²) in [6, 6.07) is 5.67. The zero-order chi connectivity index (χ0) is 13.5. The molecule has 94 valence electrons. The Morgan fingerprint density at radius 3 is 2.56 bits per heavy atom. The van der Waals surface area contributed by atoms with E-state index >= 15 is 0 Å². The maximum atomic E-state index is 12.0. The number of amides is 1. The summed E-state index contributed by atoms with van der Waals surface area (Å²) in [5, 5.41) is 2.82. The van der Waals surface area contributed by atoms with Gasteiger partial charge in [-0.25, -0.2) is 0 Å². The van der Waals surface area contributed by atoms with Crippen LogP contribution in [0.4, 0.5) is 0 Å². The highest BCUT2D eigenvalue weighted by atomic mass is 16.1. The second-order valence-corrected chi connectivity index (χ2v) is 4.11. The van der Waals surface area contributed by atoms with E-state index in [-0.39, 0.29) is 5.91 Å². The summed E-state index contributed by atoms with van der Waals surface area (Å²) in [6.07, 6.45) is 7.19. The third kappa shape index (κ3) is 3.74. The summed E-state index contributed by atoms with van der Waals surface area (Å²) < 4.78 is 0. The summed E-state index contributed by atoms with van der Waals surface area (Å²) in [5.41, 5.74) is 3.64. The predicted octanol–water partition coefficient (Wildman–Crippen LogP) is 3.68. The van der Waals surface area contributed by atoms with Crippen LogP contribution in [0.2, 0.25) is 0 Å². The van der Waals surface area contributed by atoms with Crippen LogP contribution in [0.1, 0.15) is 28.4 Å². The van der Waals surface area contributed by atoms with Crippen molar-refractivity contribution in [3.8, 4) is 0 Å². The largest absolute Gasteiger partial charge is 0.322 e. The van der Waals surface area contributed by atoms with Crippen molar-refractivity contribution in [2.45, 2.75) is 20.8 Å². The first-order chi connectivity index (χ1) is 8.58. The van der Waals surface area contributed by atoms with E-state index < -0.39 is 0 Å². The van der Waals surface area contributed by atoms with Gasteiger partial charge in [0, 0.05) is 11.3 Å². The van der Waals surface area contributed by atoms with Crippen molar-refractivity contribution < 1.29 is 4.79 Å². The minimum absolute atomic E-state index is 0.117. The summed E-state index contributed by atoms with van der Waals surface area (Å²) in [6.45, 7) is 9.62. The van der Waals surface area contributed by atoms with E-state index in [0.717, 1.165) is 5.56 Å². The van der Waals surface area contributed by atoms with Crippen molar-refractivity contribution in [2.75, 3.05) is 0 Å². The average Bonchev–Trinajstić information content (AvgIpc) is 2.37. The van der Waals surface area contributed by atoms with Gasteiger partial charge in [-0.1, -0.05) is 24.8 Å². The van der Waals surface area contributed by atoms with Crippen LogP contribution in [0.3, 0.4) is 0 Å². The minimum atomic E-state index is -0.117. The number of hydrogen-bond acceptors (Lipinski definition) is 1. The van der Waals surface area contributed by atoms with Crippen LogP contribution in [-0.2, 0) is 0 Å². The van der Waals surface area contributed by atoms with Crippen LogP contribution in [0, 0.1) is 13.8 Å². The van der Waals surface area contributed by atoms with Crippen molar-refractivity contribution >= 4 is 5.91 Å². The molecular formula is C16H19NO. The van der Waals surface area contributed by atoms with E-state index in [9.17, 15) is 4.79 Å². The Morgan fingerprint density at radius 1 is 1.28 bits per heavy atom. The fourth-order valence-electron chi connectivity index (χ4n) is 1.45. The van der Waals surface area contributed by atoms with Crippen molar-refractivity contribution in [2.24, 2.45) is 0 Å². The minimum Gasteiger partial charge on any atom is -0.322 e. The van der Waals surface area contributed by atoms with Crippen molar-refractivity contribution in [1.82, 2.24) is 5.32 Å². The molecule has 0 aliphatic rings. The maximum Gasteiger partial charge on any atom is 0.255 e. The van der Waals surface area contributed by atoms with Gasteiger partial charge in [-0.15, -0.1) is 0 Å². The Bertz CT molecular complexity index is 510. The molecule has 0 atom stereocenters. The first kappa shape index (κ1) is 14.0. The predicted molar refractivity (Wildman–Crippen MR) is 76.5 cm³/mol. The first-order valence-corrected chi connectivity index (χ1v) is 5.92. The Labute approximate surface area is 109 Å². The fraction of sp³-hybridized carbons (Fsp3) is 0.188. The molecule has 2 heteroatoms. The van der Waals surface area contributed by atoms with Crippen LogP contribution in [0.25, 0.3) is 0 Å². The fourth-order valence-corrected chi connectivity index (χ4v) is 1.45. The molecule has 18 heavy (non-hydrogen) atoms. The number of carbonyl (C=O) groups is 1. The zero-order valence-corrected chi connectivity index (χ0v) is 11.2. The lowest BCUT2D eigenvalue weighted by molar-refractivity contribution is 0.0967. The molecule has 0 saturated carbocycles. The molecular weight excluding hydrogens is 222 g/mol. The summed E-state index contributed by atoms with van der Waals surface area (Å²) >= 11 is 0. The average molecular weight is 241 g/mol. The molecule has 0 aromatic heterocycles. The molecule has 0 aliphatic carbocycles. The van der Waals surface area contributed by atoms with E-state index in [1.165, 1.54) is 5.56 Å². The SMILES string of the molecule is C=C/C(=C\C=C/C)NC(=O)c1ccc(C)c(C)c1. The second kappa shape index (κ2) is 6.60. The topological polar surface area (TPSA) is 29.1 Å². The lowest BCUT2D eigenvalue weighted by Gasteiger charge is -2.07. The monoisotopic (exact) mass is 241 g/mol. The van der Waals surface area contributed by atoms with Gasteiger partial charge in [-0.2, -0.15) is 0 Å². The first-order valence-electron chi connectivity index (χ1n) is 5.92. The van der Waals surface area contributed by atoms with Crippen LogP contribution < -0.4 is 5.32 Å². The lowest BCUT2D eigenvalue weighted by atomic mass is 10.1. The molecule has 0 heterocycles. The Hall–Kier alpha value is -2.09. The molecule has 0 fully saturated rings. The summed E-state index contributed by atoms with van der Waals surface area (Å²) in [5.74, 6) is -0.117. The van der Waals surface area contributed by atoms with Crippen LogP contribution in [0.15, 0.2) is 54.8 Å². The molecule has 1 aromatic carbocycles. The van der Waals surface area contributed by atoms with Gasteiger partial charge in [0.05, 0.1) is 0 Å². The highest BCUT2D eigenvalue weighted by Gasteiger charge is 2.06. The zero-order valence-electron chi connectivity index (χ0n) is 11.2. The van der Waals surface area contributed by atoms with E-state index in [1.54, 1.807) is 6.08 Å². The van der Waals surface area contributed by atoms with E-state index in [4.69, 9.17) is 0 Å². The molecule has 0 radical (unpaired) electrons. The summed E-state index contributed by atoms with van der Waals surface area (Å²) in [4.78, 5) is 12.0. The Balaban J connectivity index is 2.87. The van der Waals surface area contributed by atoms with Crippen LogP contribution in [0.5, 0.6) is 0 Å². The van der Waals surface area contributed by atoms with Gasteiger partial charge >= 0.3 is 0 Å². The molecule has 0 aliphatic heterocycles. The molecule has 0 unspecified atom stereocenters. The molecule has 2 nitrogen and oxygen atoms in total. The highest BCUT2D eigenvalue weighted by molar-refractivity contribution is 5.95. The van der Waals surface area contributed by atoms with Crippen molar-refractivity contribution in [1.29, 1.82) is 0 Å². The third-order valence-corrected chi connectivity index (χ3v) is 2.72. The van der Waals surface area contributed by atoms with Crippen molar-refractivity contribution in [3.63, 3.8) is 0 Å². The van der Waals surface area contributed by atoms with Gasteiger partial charge in [0.25, 0.3) is 5.91 Å². The molecule has 0 saturated heterocycles. The number of aryl methyl sites for hydroxylation is 2. The molecule has 0 bridgehead atoms. The van der Waals surface area contributed by atoms with E-state index in [1.807, 2.05) is 57.2 Å². The maximum absolute atomic E-state index is 12.0. The molecule has 1 aromatic rings. The number of hydrogen-bond donors (Lipinski definition) is 1. The number of carbonyl (C=O) groups excluding carboxylic acids is 1. The van der Waals surface area contributed by atoms with E-state index in [0.29, 0.717) is 11.3 Å². The highest BCUT2D eigenvalue weighted by Crippen LogP contribution is 2.10. The van der Waals surface area contributed by atoms with Crippen molar-refractivity contribution in [3.05, 3.63) is 71.5 Å². The number of allylic oxidation sites excluding steroid dienone is 4. The second-order valence-electron chi connectivity index (χ2n) is 4.11. The number of nitrogens with one attached hydrogen (secondary N) is 1. The molecule has 0 spiro atoms. The van der Waals surface area contributed by atoms with Gasteiger partial charge in [0.15, 0.2) is 0 Å². The Kier molecular flexibility index (Phi) is 5.12. The van der Waals surface area contributed by atoms with Crippen LogP contribution >= 0.6 is 0 Å². The quantitative estimate of drug-likeness (QED) is 0.800. The van der Waals surface area contributed by atoms with Crippen LogP contribution in [-0.4, -0.2) is 5.91 Å². The van der Waals surface area contributed by atoms with Gasteiger partial charge in [-0.3, -0.25) is 4.79 Å². The summed E-state index contributed by atoms with van der Waals surface area (Å²) in [7, 11) is 0. The lowest BCUT2D eigenvalue weighted by Crippen LogP contribution is -2.21. The van der Waals surface area contributed by atoms with E-state index in [2.05, 4.69) is 11.9 Å². The third-order valence-electron chi connectivity index (χ3n) is 2.72. The normalized spacial score (nSPS) is 11.6. The molecule has 1 amide bonds. The Morgan fingerprint density at radius 2 is 2.00 bits per heavy atom. The van der Waals surface area contributed by atoms with Gasteiger partial charge in [0.2, 0.25) is 0 Å². The number of rotatable bonds is 4. The smallest absolute Gasteiger partial charge is 0.255 e. The van der Waals surface area contributed by atoms with Gasteiger partial charge in [0.1, 0.15) is 0 Å². The van der Waals surface area contributed by atoms with Gasteiger partial charge in [-0.05, 0) is 56.2 Å².